The molecule has 0 heterocycles. The van der Waals surface area contributed by atoms with Crippen molar-refractivity contribution in [3.05, 3.63) is 30.1 Å². The number of benzene rings is 1. The second kappa shape index (κ2) is 7.25. The van der Waals surface area contributed by atoms with E-state index in [1.807, 2.05) is 6.07 Å². The zero-order valence-corrected chi connectivity index (χ0v) is 10.9. The molecule has 1 N–H and O–H groups in total. The van der Waals surface area contributed by atoms with Gasteiger partial charge in [-0.3, -0.25) is 0 Å². The van der Waals surface area contributed by atoms with Gasteiger partial charge in [-0.2, -0.15) is 0 Å². The summed E-state index contributed by atoms with van der Waals surface area (Å²) in [6.45, 7) is 3.72. The first-order valence-electron chi connectivity index (χ1n) is 5.91. The van der Waals surface area contributed by atoms with Gasteiger partial charge in [0, 0.05) is 26.2 Å². The molecule has 0 amide bonds. The van der Waals surface area contributed by atoms with Gasteiger partial charge in [0.1, 0.15) is 5.82 Å². The molecule has 17 heavy (non-hydrogen) atoms. The molecule has 0 unspecified atom stereocenters. The first-order chi connectivity index (χ1) is 8.09. The molecule has 4 heteroatoms. The summed E-state index contributed by atoms with van der Waals surface area (Å²) in [7, 11) is 6.20. The second-order valence-corrected chi connectivity index (χ2v) is 4.51. The van der Waals surface area contributed by atoms with E-state index in [0.29, 0.717) is 5.69 Å². The van der Waals surface area contributed by atoms with Crippen molar-refractivity contribution >= 4 is 5.69 Å². The van der Waals surface area contributed by atoms with Crippen molar-refractivity contribution < 1.29 is 4.39 Å². The third-order valence-electron chi connectivity index (χ3n) is 2.61. The Kier molecular flexibility index (Phi) is 5.94. The summed E-state index contributed by atoms with van der Waals surface area (Å²) in [5.41, 5.74) is 0.577. The van der Waals surface area contributed by atoms with Gasteiger partial charge in [0.2, 0.25) is 0 Å². The van der Waals surface area contributed by atoms with E-state index in [1.165, 1.54) is 6.07 Å². The number of hydrogen-bond donors (Lipinski definition) is 1. The van der Waals surface area contributed by atoms with E-state index >= 15 is 0 Å². The molecule has 0 aliphatic carbocycles. The van der Waals surface area contributed by atoms with Crippen molar-refractivity contribution in [2.24, 2.45) is 0 Å². The van der Waals surface area contributed by atoms with Crippen LogP contribution >= 0.6 is 0 Å². The molecule has 0 atom stereocenters. The Labute approximate surface area is 103 Å². The first-order valence-corrected chi connectivity index (χ1v) is 5.91. The lowest BCUT2D eigenvalue weighted by atomic mass is 10.3. The Morgan fingerprint density at radius 2 is 1.76 bits per heavy atom. The van der Waals surface area contributed by atoms with Crippen molar-refractivity contribution in [3.8, 4) is 0 Å². The van der Waals surface area contributed by atoms with Crippen LogP contribution in [0.3, 0.4) is 0 Å². The van der Waals surface area contributed by atoms with Gasteiger partial charge in [0.05, 0.1) is 5.69 Å². The number of hydrogen-bond acceptors (Lipinski definition) is 3. The monoisotopic (exact) mass is 239 g/mol. The molecule has 0 saturated carbocycles. The molecular weight excluding hydrogens is 217 g/mol. The van der Waals surface area contributed by atoms with Gasteiger partial charge in [-0.05, 0) is 33.3 Å². The van der Waals surface area contributed by atoms with Crippen LogP contribution in [0.2, 0.25) is 0 Å². The zero-order chi connectivity index (χ0) is 12.7. The molecule has 0 aliphatic heterocycles. The maximum Gasteiger partial charge on any atom is 0.146 e. The molecule has 0 saturated heterocycles. The third kappa shape index (κ3) is 5.65. The summed E-state index contributed by atoms with van der Waals surface area (Å²) in [6.07, 6.45) is 0. The number of halogens is 1. The van der Waals surface area contributed by atoms with Crippen LogP contribution in [0.25, 0.3) is 0 Å². The Morgan fingerprint density at radius 1 is 1.06 bits per heavy atom. The maximum atomic E-state index is 13.3. The van der Waals surface area contributed by atoms with Gasteiger partial charge in [0.15, 0.2) is 0 Å². The molecule has 0 aliphatic rings. The largest absolute Gasteiger partial charge is 0.381 e. The number of likely N-dealkylation sites (N-methyl/N-ethyl adjacent to an activating group) is 2. The topological polar surface area (TPSA) is 18.5 Å². The lowest BCUT2D eigenvalue weighted by Gasteiger charge is -2.19. The van der Waals surface area contributed by atoms with Crippen LogP contribution in [0, 0.1) is 5.82 Å². The van der Waals surface area contributed by atoms with E-state index in [2.05, 4.69) is 36.3 Å². The number of nitrogens with zero attached hydrogens (tertiary/aromatic N) is 2. The van der Waals surface area contributed by atoms with Crippen LogP contribution in [0.1, 0.15) is 0 Å². The molecule has 0 bridgehead atoms. The quantitative estimate of drug-likeness (QED) is 0.782. The molecule has 96 valence electrons. The smallest absolute Gasteiger partial charge is 0.146 e. The minimum absolute atomic E-state index is 0.191. The zero-order valence-electron chi connectivity index (χ0n) is 10.9. The summed E-state index contributed by atoms with van der Waals surface area (Å²) >= 11 is 0. The number of anilines is 1. The van der Waals surface area contributed by atoms with E-state index in [1.54, 1.807) is 12.1 Å². The molecule has 3 nitrogen and oxygen atoms in total. The molecule has 0 radical (unpaired) electrons. The predicted octanol–water partition coefficient (Wildman–Crippen LogP) is 1.73. The summed E-state index contributed by atoms with van der Waals surface area (Å²) in [5, 5.41) is 3.10. The van der Waals surface area contributed by atoms with Gasteiger partial charge >= 0.3 is 0 Å². The van der Waals surface area contributed by atoms with Crippen LogP contribution in [-0.2, 0) is 0 Å². The molecule has 0 fully saturated rings. The van der Waals surface area contributed by atoms with Crippen molar-refractivity contribution in [3.63, 3.8) is 0 Å². The average molecular weight is 239 g/mol. The van der Waals surface area contributed by atoms with Crippen molar-refractivity contribution in [2.45, 2.75) is 0 Å². The van der Waals surface area contributed by atoms with Crippen molar-refractivity contribution in [2.75, 3.05) is 52.6 Å². The predicted molar refractivity (Wildman–Crippen MR) is 70.9 cm³/mol. The van der Waals surface area contributed by atoms with E-state index in [0.717, 1.165) is 26.2 Å². The van der Waals surface area contributed by atoms with E-state index in [9.17, 15) is 4.39 Å². The van der Waals surface area contributed by atoms with Crippen molar-refractivity contribution in [1.29, 1.82) is 0 Å². The third-order valence-corrected chi connectivity index (χ3v) is 2.61. The number of nitrogens with one attached hydrogen (secondary N) is 1. The lowest BCUT2D eigenvalue weighted by Crippen LogP contribution is -2.32. The maximum absolute atomic E-state index is 13.3. The highest BCUT2D eigenvalue weighted by Crippen LogP contribution is 2.11. The molecule has 1 aromatic carbocycles. The summed E-state index contributed by atoms with van der Waals surface area (Å²) in [5.74, 6) is -0.191. The molecule has 0 spiro atoms. The Morgan fingerprint density at radius 3 is 2.41 bits per heavy atom. The molecule has 0 aromatic heterocycles. The summed E-state index contributed by atoms with van der Waals surface area (Å²) < 4.78 is 13.3. The Bertz CT molecular complexity index is 328. The highest BCUT2D eigenvalue weighted by Gasteiger charge is 2.01. The van der Waals surface area contributed by atoms with Crippen LogP contribution in [0.5, 0.6) is 0 Å². The van der Waals surface area contributed by atoms with E-state index < -0.39 is 0 Å². The minimum atomic E-state index is -0.191. The summed E-state index contributed by atoms with van der Waals surface area (Å²) in [6, 6.07) is 6.76. The van der Waals surface area contributed by atoms with E-state index in [-0.39, 0.29) is 5.82 Å². The number of para-hydroxylation sites is 1. The number of rotatable bonds is 7. The fourth-order valence-corrected chi connectivity index (χ4v) is 1.47. The normalized spacial score (nSPS) is 11.2. The van der Waals surface area contributed by atoms with Crippen molar-refractivity contribution in [1.82, 2.24) is 9.80 Å². The van der Waals surface area contributed by atoms with Crippen LogP contribution in [0.15, 0.2) is 24.3 Å². The highest BCUT2D eigenvalue weighted by atomic mass is 19.1. The fourth-order valence-electron chi connectivity index (χ4n) is 1.47. The minimum Gasteiger partial charge on any atom is -0.381 e. The summed E-state index contributed by atoms with van der Waals surface area (Å²) in [4.78, 5) is 4.38. The van der Waals surface area contributed by atoms with Gasteiger partial charge in [-0.25, -0.2) is 4.39 Å². The van der Waals surface area contributed by atoms with Crippen LogP contribution < -0.4 is 5.32 Å². The van der Waals surface area contributed by atoms with Gasteiger partial charge in [0.25, 0.3) is 0 Å². The average Bonchev–Trinajstić information content (AvgIpc) is 2.29. The Hall–Kier alpha value is -1.13. The lowest BCUT2D eigenvalue weighted by molar-refractivity contribution is 0.289. The highest BCUT2D eigenvalue weighted by molar-refractivity contribution is 5.44. The molecular formula is C13H22FN3. The Balaban J connectivity index is 2.21. The SMILES string of the molecule is CN(C)CCN(C)CCNc1ccccc1F. The van der Waals surface area contributed by atoms with Crippen LogP contribution in [0.4, 0.5) is 10.1 Å². The standard InChI is InChI=1S/C13H22FN3/c1-16(2)10-11-17(3)9-8-15-13-7-5-4-6-12(13)14/h4-7,15H,8-11H2,1-3H3. The van der Waals surface area contributed by atoms with E-state index in [4.69, 9.17) is 0 Å². The molecule has 1 rings (SSSR count). The molecule has 1 aromatic rings. The van der Waals surface area contributed by atoms with Crippen LogP contribution in [-0.4, -0.2) is 57.1 Å². The van der Waals surface area contributed by atoms with Gasteiger partial charge in [-0.15, -0.1) is 0 Å². The second-order valence-electron chi connectivity index (χ2n) is 4.51. The first kappa shape index (κ1) is 13.9. The van der Waals surface area contributed by atoms with Gasteiger partial charge < -0.3 is 15.1 Å². The fraction of sp³-hybridized carbons (Fsp3) is 0.538. The van der Waals surface area contributed by atoms with Gasteiger partial charge in [-0.1, -0.05) is 12.1 Å².